The number of carbonyl (C=O) groups excluding carboxylic acids is 6. The Bertz CT molecular complexity index is 1490. The van der Waals surface area contributed by atoms with Crippen LogP contribution in [0.15, 0.2) is 18.6 Å². The van der Waals surface area contributed by atoms with E-state index in [4.69, 9.17) is 0 Å². The van der Waals surface area contributed by atoms with Crippen LogP contribution in [0.4, 0.5) is 0 Å². The molecule has 0 radical (unpaired) electrons. The number of piperidine rings is 1. The molecule has 5 aliphatic rings. The number of hydrogen-bond donors (Lipinski definition) is 4. The lowest BCUT2D eigenvalue weighted by atomic mass is 9.82. The van der Waals surface area contributed by atoms with Crippen molar-refractivity contribution in [3.05, 3.63) is 24.3 Å². The van der Waals surface area contributed by atoms with E-state index in [0.29, 0.717) is 13.0 Å². The van der Waals surface area contributed by atoms with Gasteiger partial charge >= 0.3 is 0 Å². The summed E-state index contributed by atoms with van der Waals surface area (Å²) in [5.41, 5.74) is -0.830. The molecule has 2 heterocycles. The standard InChI is InChI=1S/C37H53N7O6/c1-36(2,3)30(43-32(47)27(21-9-7-6-8-10-21)42-31(46)25-18-38-15-16-39-25)35(50)44-19-23-26(37(23,4)5)28(44)33(48)41-24(17-20-11-12-20)29(45)34(49)40-22-13-14-22/h15-16,18,20-24,26-28,30H,6-14,17,19H2,1-5H3,(H,40,49)(H,41,48)(H,42,46)(H,43,47). The van der Waals surface area contributed by atoms with Gasteiger partial charge in [0.25, 0.3) is 11.8 Å². The monoisotopic (exact) mass is 691 g/mol. The van der Waals surface area contributed by atoms with Crippen LogP contribution in [0.5, 0.6) is 0 Å². The van der Waals surface area contributed by atoms with Crippen LogP contribution in [0.2, 0.25) is 0 Å². The minimum Gasteiger partial charge on any atom is -0.347 e. The van der Waals surface area contributed by atoms with Crippen molar-refractivity contribution in [2.45, 2.75) is 129 Å². The molecule has 5 amide bonds. The maximum absolute atomic E-state index is 14.6. The summed E-state index contributed by atoms with van der Waals surface area (Å²) < 4.78 is 0. The van der Waals surface area contributed by atoms with Crippen molar-refractivity contribution >= 4 is 35.3 Å². The van der Waals surface area contributed by atoms with E-state index < -0.39 is 59.0 Å². The summed E-state index contributed by atoms with van der Waals surface area (Å²) in [5.74, 6) is -2.98. The number of fused-ring (bicyclic) bond motifs is 1. The van der Waals surface area contributed by atoms with Crippen LogP contribution in [0.3, 0.4) is 0 Å². The van der Waals surface area contributed by atoms with Gasteiger partial charge in [-0.05, 0) is 66.6 Å². The molecule has 6 unspecified atom stereocenters. The largest absolute Gasteiger partial charge is 0.347 e. The molecule has 1 aromatic rings. The van der Waals surface area contributed by atoms with Gasteiger partial charge in [0.2, 0.25) is 23.5 Å². The van der Waals surface area contributed by atoms with Gasteiger partial charge in [-0.1, -0.05) is 66.7 Å². The summed E-state index contributed by atoms with van der Waals surface area (Å²) in [4.78, 5) is 91.8. The van der Waals surface area contributed by atoms with E-state index >= 15 is 0 Å². The van der Waals surface area contributed by atoms with Gasteiger partial charge in [-0.3, -0.25) is 33.8 Å². The highest BCUT2D eigenvalue weighted by atomic mass is 16.2. The van der Waals surface area contributed by atoms with Crippen molar-refractivity contribution in [1.82, 2.24) is 36.1 Å². The normalized spacial score (nSPS) is 26.1. The van der Waals surface area contributed by atoms with Crippen LogP contribution in [0.1, 0.15) is 109 Å². The van der Waals surface area contributed by atoms with Crippen molar-refractivity contribution in [2.75, 3.05) is 6.54 Å². The fourth-order valence-electron chi connectivity index (χ4n) is 8.17. The molecule has 272 valence electrons. The summed E-state index contributed by atoms with van der Waals surface area (Å²) >= 11 is 0. The highest BCUT2D eigenvalue weighted by Gasteiger charge is 2.70. The number of aromatic nitrogens is 2. The molecule has 0 spiro atoms. The molecule has 13 heteroatoms. The minimum atomic E-state index is -1.00. The highest BCUT2D eigenvalue weighted by molar-refractivity contribution is 6.38. The first-order chi connectivity index (χ1) is 23.7. The molecule has 0 bridgehead atoms. The number of likely N-dealkylation sites (tertiary alicyclic amines) is 1. The van der Waals surface area contributed by atoms with Crippen LogP contribution in [0, 0.1) is 34.5 Å². The Kier molecular flexibility index (Phi) is 10.1. The van der Waals surface area contributed by atoms with Crippen LogP contribution in [-0.4, -0.2) is 86.9 Å². The Labute approximate surface area is 294 Å². The van der Waals surface area contributed by atoms with Crippen molar-refractivity contribution in [1.29, 1.82) is 0 Å². The van der Waals surface area contributed by atoms with Gasteiger partial charge in [0, 0.05) is 25.0 Å². The third kappa shape index (κ3) is 7.86. The fraction of sp³-hybridized carbons (Fsp3) is 0.730. The van der Waals surface area contributed by atoms with Gasteiger partial charge < -0.3 is 26.2 Å². The lowest BCUT2D eigenvalue weighted by molar-refractivity contribution is -0.147. The van der Waals surface area contributed by atoms with E-state index in [2.05, 4.69) is 45.1 Å². The van der Waals surface area contributed by atoms with E-state index in [1.54, 1.807) is 4.90 Å². The van der Waals surface area contributed by atoms with Gasteiger partial charge in [-0.2, -0.15) is 0 Å². The lowest BCUT2D eigenvalue weighted by Crippen LogP contribution is -2.63. The molecular weight excluding hydrogens is 638 g/mol. The van der Waals surface area contributed by atoms with Gasteiger partial charge in [0.15, 0.2) is 0 Å². The molecule has 4 aliphatic carbocycles. The minimum absolute atomic E-state index is 0.0160. The Morgan fingerprint density at radius 1 is 0.920 bits per heavy atom. The average Bonchev–Trinajstić information content (AvgIpc) is 4.05. The number of Topliss-reactive ketones (excluding diaryl/α,β-unsaturated/α-hetero) is 1. The zero-order chi connectivity index (χ0) is 36.0. The van der Waals surface area contributed by atoms with E-state index in [9.17, 15) is 28.8 Å². The molecule has 6 rings (SSSR count). The summed E-state index contributed by atoms with van der Waals surface area (Å²) in [7, 11) is 0. The maximum atomic E-state index is 14.6. The molecular formula is C37H53N7O6. The topological polar surface area (TPSA) is 180 Å². The third-order valence-corrected chi connectivity index (χ3v) is 11.7. The molecule has 4 saturated carbocycles. The van der Waals surface area contributed by atoms with Crippen molar-refractivity contribution in [2.24, 2.45) is 34.5 Å². The van der Waals surface area contributed by atoms with Crippen molar-refractivity contribution in [3.8, 4) is 0 Å². The number of rotatable bonds is 13. The Morgan fingerprint density at radius 3 is 2.22 bits per heavy atom. The molecule has 5 fully saturated rings. The summed E-state index contributed by atoms with van der Waals surface area (Å²) in [6, 6.07) is -3.68. The van der Waals surface area contributed by atoms with Crippen LogP contribution < -0.4 is 21.3 Å². The molecule has 13 nitrogen and oxygen atoms in total. The number of ketones is 1. The maximum Gasteiger partial charge on any atom is 0.289 e. The number of hydrogen-bond acceptors (Lipinski definition) is 8. The first-order valence-corrected chi connectivity index (χ1v) is 18.5. The molecule has 1 aromatic heterocycles. The predicted molar refractivity (Wildman–Crippen MR) is 183 cm³/mol. The van der Waals surface area contributed by atoms with Crippen molar-refractivity contribution in [3.63, 3.8) is 0 Å². The quantitative estimate of drug-likeness (QED) is 0.228. The SMILES string of the molecule is CC(C)(C)C(NC(=O)C(NC(=O)c1cnccn1)C1CCCCC1)C(=O)N1CC2C(C1C(=O)NC(CC1CC1)C(=O)C(=O)NC1CC1)C2(C)C. The Hall–Kier alpha value is -3.90. The predicted octanol–water partition coefficient (Wildman–Crippen LogP) is 2.30. The van der Waals surface area contributed by atoms with Crippen LogP contribution >= 0.6 is 0 Å². The van der Waals surface area contributed by atoms with Gasteiger partial charge in [0.05, 0.1) is 12.2 Å². The number of nitrogens with zero attached hydrogens (tertiary/aromatic N) is 3. The average molecular weight is 692 g/mol. The Morgan fingerprint density at radius 2 is 1.62 bits per heavy atom. The zero-order valence-electron chi connectivity index (χ0n) is 30.0. The summed E-state index contributed by atoms with van der Waals surface area (Å²) in [6.07, 6.45) is 12.7. The number of nitrogens with one attached hydrogen (secondary N) is 4. The fourth-order valence-corrected chi connectivity index (χ4v) is 8.17. The van der Waals surface area contributed by atoms with Gasteiger partial charge in [-0.25, -0.2) is 4.98 Å². The van der Waals surface area contributed by atoms with Gasteiger partial charge in [-0.15, -0.1) is 0 Å². The van der Waals surface area contributed by atoms with Crippen molar-refractivity contribution < 1.29 is 28.8 Å². The lowest BCUT2D eigenvalue weighted by Gasteiger charge is -2.39. The zero-order valence-corrected chi connectivity index (χ0v) is 30.0. The molecule has 6 atom stereocenters. The second kappa shape index (κ2) is 14.0. The number of carbonyl (C=O) groups is 6. The van der Waals surface area contributed by atoms with E-state index in [0.717, 1.165) is 57.8 Å². The first-order valence-electron chi connectivity index (χ1n) is 18.5. The second-order valence-electron chi connectivity index (χ2n) is 17.0. The molecule has 1 aliphatic heterocycles. The van der Waals surface area contributed by atoms with E-state index in [1.165, 1.54) is 18.6 Å². The molecule has 50 heavy (non-hydrogen) atoms. The van der Waals surface area contributed by atoms with E-state index in [-0.39, 0.29) is 46.7 Å². The summed E-state index contributed by atoms with van der Waals surface area (Å²) in [5, 5.41) is 11.6. The van der Waals surface area contributed by atoms with Crippen LogP contribution in [0.25, 0.3) is 0 Å². The first kappa shape index (κ1) is 35.9. The third-order valence-electron chi connectivity index (χ3n) is 11.7. The molecule has 4 N–H and O–H groups in total. The van der Waals surface area contributed by atoms with Gasteiger partial charge in [0.1, 0.15) is 23.8 Å². The number of amides is 5. The smallest absolute Gasteiger partial charge is 0.289 e. The molecule has 1 saturated heterocycles. The summed E-state index contributed by atoms with van der Waals surface area (Å²) in [6.45, 7) is 10.1. The van der Waals surface area contributed by atoms with E-state index in [1.807, 2.05) is 20.8 Å². The molecule has 0 aromatic carbocycles. The van der Waals surface area contributed by atoms with Crippen LogP contribution in [-0.2, 0) is 24.0 Å². The second-order valence-corrected chi connectivity index (χ2v) is 17.0. The highest BCUT2D eigenvalue weighted by Crippen LogP contribution is 2.65. The Balaban J connectivity index is 1.21.